The van der Waals surface area contributed by atoms with Crippen LogP contribution in [0.25, 0.3) is 10.8 Å². The first-order chi connectivity index (χ1) is 8.60. The van der Waals surface area contributed by atoms with E-state index in [0.29, 0.717) is 6.42 Å². The molecule has 0 aliphatic heterocycles. The molecule has 18 heavy (non-hydrogen) atoms. The zero-order chi connectivity index (χ0) is 13.1. The lowest BCUT2D eigenvalue weighted by Gasteiger charge is -2.10. The molecule has 0 fully saturated rings. The van der Waals surface area contributed by atoms with E-state index in [1.54, 1.807) is 0 Å². The number of rotatable bonds is 3. The fourth-order valence-corrected chi connectivity index (χ4v) is 2.09. The third-order valence-corrected chi connectivity index (χ3v) is 3.34. The fourth-order valence-electron chi connectivity index (χ4n) is 1.71. The fraction of sp³-hybridized carbons (Fsp3) is 0.214. The summed E-state index contributed by atoms with van der Waals surface area (Å²) >= 11 is 3.43. The number of carbonyl (C=O) groups is 1. The number of benzene rings is 2. The molecule has 0 saturated heterocycles. The van der Waals surface area contributed by atoms with Gasteiger partial charge in [0, 0.05) is 10.2 Å². The third-order valence-electron chi connectivity index (χ3n) is 2.85. The van der Waals surface area contributed by atoms with Crippen molar-refractivity contribution < 1.29 is 4.79 Å². The molecule has 2 aromatic rings. The van der Waals surface area contributed by atoms with Gasteiger partial charge in [0.05, 0.1) is 6.04 Å². The molecule has 1 atom stereocenters. The first-order valence-corrected chi connectivity index (χ1v) is 6.65. The molecule has 0 aliphatic rings. The van der Waals surface area contributed by atoms with Gasteiger partial charge in [-0.2, -0.15) is 0 Å². The van der Waals surface area contributed by atoms with Gasteiger partial charge in [0.15, 0.2) is 0 Å². The molecule has 2 aromatic carbocycles. The summed E-state index contributed by atoms with van der Waals surface area (Å²) in [7, 11) is 0. The number of hydrogen-bond acceptors (Lipinski definition) is 2. The maximum Gasteiger partial charge on any atom is 0.241 e. The lowest BCUT2D eigenvalue weighted by atomic mass is 10.1. The van der Waals surface area contributed by atoms with Crippen molar-refractivity contribution in [1.82, 2.24) is 0 Å². The second-order valence-electron chi connectivity index (χ2n) is 4.21. The normalized spacial score (nSPS) is 12.4. The van der Waals surface area contributed by atoms with E-state index in [4.69, 9.17) is 5.73 Å². The van der Waals surface area contributed by atoms with E-state index < -0.39 is 6.04 Å². The Balaban J connectivity index is 2.25. The molecule has 0 unspecified atom stereocenters. The quantitative estimate of drug-likeness (QED) is 0.914. The van der Waals surface area contributed by atoms with Gasteiger partial charge in [0.2, 0.25) is 5.91 Å². The molecule has 0 aliphatic carbocycles. The molecule has 2 rings (SSSR count). The van der Waals surface area contributed by atoms with Crippen molar-refractivity contribution in [2.24, 2.45) is 5.73 Å². The highest BCUT2D eigenvalue weighted by Crippen LogP contribution is 2.23. The van der Waals surface area contributed by atoms with E-state index in [2.05, 4.69) is 21.2 Å². The number of hydrogen-bond donors (Lipinski definition) is 2. The van der Waals surface area contributed by atoms with Crippen LogP contribution >= 0.6 is 15.9 Å². The lowest BCUT2D eigenvalue weighted by Crippen LogP contribution is -2.34. The average molecular weight is 307 g/mol. The Morgan fingerprint density at radius 2 is 1.94 bits per heavy atom. The van der Waals surface area contributed by atoms with Gasteiger partial charge in [-0.15, -0.1) is 0 Å². The largest absolute Gasteiger partial charge is 0.325 e. The lowest BCUT2D eigenvalue weighted by molar-refractivity contribution is -0.117. The van der Waals surface area contributed by atoms with Crippen LogP contribution in [0.5, 0.6) is 0 Å². The van der Waals surface area contributed by atoms with Gasteiger partial charge in [-0.3, -0.25) is 4.79 Å². The number of nitrogens with two attached hydrogens (primary N) is 1. The molecule has 94 valence electrons. The monoisotopic (exact) mass is 306 g/mol. The second kappa shape index (κ2) is 5.50. The van der Waals surface area contributed by atoms with Gasteiger partial charge in [0.25, 0.3) is 0 Å². The molecule has 3 nitrogen and oxygen atoms in total. The summed E-state index contributed by atoms with van der Waals surface area (Å²) < 4.78 is 1.04. The minimum absolute atomic E-state index is 0.144. The first kappa shape index (κ1) is 13.1. The smallest absolute Gasteiger partial charge is 0.241 e. The van der Waals surface area contributed by atoms with Crippen LogP contribution in [0.3, 0.4) is 0 Å². The van der Waals surface area contributed by atoms with Crippen molar-refractivity contribution in [2.45, 2.75) is 19.4 Å². The van der Waals surface area contributed by atoms with E-state index in [1.165, 1.54) is 0 Å². The molecule has 4 heteroatoms. The summed E-state index contributed by atoms with van der Waals surface area (Å²) in [6.07, 6.45) is 0.631. The van der Waals surface area contributed by atoms with Crippen LogP contribution < -0.4 is 11.1 Å². The maximum atomic E-state index is 11.7. The minimum Gasteiger partial charge on any atom is -0.325 e. The topological polar surface area (TPSA) is 55.1 Å². The highest BCUT2D eigenvalue weighted by molar-refractivity contribution is 9.10. The molecule has 3 N–H and O–H groups in total. The van der Waals surface area contributed by atoms with Crippen LogP contribution in [0.1, 0.15) is 13.3 Å². The van der Waals surface area contributed by atoms with Crippen LogP contribution in [-0.2, 0) is 4.79 Å². The Labute approximate surface area is 114 Å². The van der Waals surface area contributed by atoms with Crippen LogP contribution in [-0.4, -0.2) is 11.9 Å². The molecule has 1 amide bonds. The zero-order valence-electron chi connectivity index (χ0n) is 10.1. The van der Waals surface area contributed by atoms with Crippen molar-refractivity contribution in [3.05, 3.63) is 40.9 Å². The van der Waals surface area contributed by atoms with Gasteiger partial charge in [0.1, 0.15) is 0 Å². The van der Waals surface area contributed by atoms with Crippen LogP contribution in [0.15, 0.2) is 40.9 Å². The summed E-state index contributed by atoms with van der Waals surface area (Å²) in [5, 5.41) is 5.04. The number of carbonyl (C=O) groups excluding carboxylic acids is 1. The van der Waals surface area contributed by atoms with Crippen molar-refractivity contribution in [1.29, 1.82) is 0 Å². The summed E-state index contributed by atoms with van der Waals surface area (Å²) in [6.45, 7) is 1.89. The van der Waals surface area contributed by atoms with Gasteiger partial charge < -0.3 is 11.1 Å². The van der Waals surface area contributed by atoms with Crippen LogP contribution in [0, 0.1) is 0 Å². The Morgan fingerprint density at radius 3 is 2.67 bits per heavy atom. The summed E-state index contributed by atoms with van der Waals surface area (Å²) in [5.41, 5.74) is 6.46. The standard InChI is InChI=1S/C14H15BrN2O/c1-2-13(16)14(18)17-12-6-4-9-7-11(15)5-3-10(9)8-12/h3-8,13H,2,16H2,1H3,(H,17,18)/t13-/m1/s1. The summed E-state index contributed by atoms with van der Waals surface area (Å²) in [6, 6.07) is 11.4. The second-order valence-corrected chi connectivity index (χ2v) is 5.13. The van der Waals surface area contributed by atoms with Crippen molar-refractivity contribution in [3.63, 3.8) is 0 Å². The van der Waals surface area contributed by atoms with E-state index in [9.17, 15) is 4.79 Å². The van der Waals surface area contributed by atoms with E-state index >= 15 is 0 Å². The Bertz CT molecular complexity index is 583. The van der Waals surface area contributed by atoms with Gasteiger partial charge >= 0.3 is 0 Å². The third kappa shape index (κ3) is 2.89. The number of fused-ring (bicyclic) bond motifs is 1. The molecular formula is C14H15BrN2O. The van der Waals surface area contributed by atoms with Crippen molar-refractivity contribution >= 4 is 38.3 Å². The molecule has 0 spiro atoms. The number of halogens is 1. The number of nitrogens with one attached hydrogen (secondary N) is 1. The summed E-state index contributed by atoms with van der Waals surface area (Å²) in [5.74, 6) is -0.144. The van der Waals surface area contributed by atoms with Crippen molar-refractivity contribution in [3.8, 4) is 0 Å². The molecule has 0 bridgehead atoms. The number of amides is 1. The molecular weight excluding hydrogens is 292 g/mol. The van der Waals surface area contributed by atoms with Crippen LogP contribution in [0.2, 0.25) is 0 Å². The molecule has 0 heterocycles. The predicted molar refractivity (Wildman–Crippen MR) is 78.5 cm³/mol. The van der Waals surface area contributed by atoms with E-state index in [-0.39, 0.29) is 5.91 Å². The molecule has 0 aromatic heterocycles. The Morgan fingerprint density at radius 1 is 1.28 bits per heavy atom. The first-order valence-electron chi connectivity index (χ1n) is 5.86. The van der Waals surface area contributed by atoms with Gasteiger partial charge in [-0.05, 0) is 41.5 Å². The maximum absolute atomic E-state index is 11.7. The van der Waals surface area contributed by atoms with Gasteiger partial charge in [-0.25, -0.2) is 0 Å². The molecule has 0 radical (unpaired) electrons. The van der Waals surface area contributed by atoms with E-state index in [1.807, 2.05) is 43.3 Å². The number of anilines is 1. The highest BCUT2D eigenvalue weighted by Gasteiger charge is 2.10. The predicted octanol–water partition coefficient (Wildman–Crippen LogP) is 3.28. The summed E-state index contributed by atoms with van der Waals surface area (Å²) in [4.78, 5) is 11.7. The van der Waals surface area contributed by atoms with Crippen molar-refractivity contribution in [2.75, 3.05) is 5.32 Å². The van der Waals surface area contributed by atoms with Gasteiger partial charge in [-0.1, -0.05) is 35.0 Å². The van der Waals surface area contributed by atoms with E-state index in [0.717, 1.165) is 20.9 Å². The zero-order valence-corrected chi connectivity index (χ0v) is 11.7. The Kier molecular flexibility index (Phi) is 3.99. The SMILES string of the molecule is CC[C@@H](N)C(=O)Nc1ccc2cc(Br)ccc2c1. The molecule has 0 saturated carbocycles. The Hall–Kier alpha value is -1.39. The highest BCUT2D eigenvalue weighted by atomic mass is 79.9. The minimum atomic E-state index is -0.453. The average Bonchev–Trinajstić information content (AvgIpc) is 2.38. The van der Waals surface area contributed by atoms with Crippen LogP contribution in [0.4, 0.5) is 5.69 Å².